The summed E-state index contributed by atoms with van der Waals surface area (Å²) in [5.74, 6) is 0.165. The van der Waals surface area contributed by atoms with Gasteiger partial charge in [-0.1, -0.05) is 35.9 Å². The van der Waals surface area contributed by atoms with E-state index in [1.807, 2.05) is 30.3 Å². The number of hydrazine groups is 1. The number of rotatable bonds is 4. The minimum absolute atomic E-state index is 0.165. The first-order valence-electron chi connectivity index (χ1n) is 6.62. The fraction of sp³-hybridized carbons (Fsp3) is 0. The average Bonchev–Trinajstić information content (AvgIpc) is 2.55. The third kappa shape index (κ3) is 3.52. The Bertz CT molecular complexity index is 864. The second kappa shape index (κ2) is 6.80. The molecule has 3 rings (SSSR count). The molecule has 0 saturated heterocycles. The van der Waals surface area contributed by atoms with Gasteiger partial charge in [-0.2, -0.15) is 4.98 Å². The summed E-state index contributed by atoms with van der Waals surface area (Å²) in [5.41, 5.74) is 6.53. The molecule has 0 fully saturated rings. The number of halogens is 2. The maximum Gasteiger partial charge on any atom is 0.356 e. The summed E-state index contributed by atoms with van der Waals surface area (Å²) in [6.45, 7) is 0. The summed E-state index contributed by atoms with van der Waals surface area (Å²) in [5, 5.41) is 0.424. The van der Waals surface area contributed by atoms with Crippen LogP contribution >= 0.6 is 27.5 Å². The molecule has 0 aliphatic carbocycles. The zero-order chi connectivity index (χ0) is 16.2. The van der Waals surface area contributed by atoms with Crippen molar-refractivity contribution in [1.82, 2.24) is 14.5 Å². The molecule has 2 N–H and O–H groups in total. The summed E-state index contributed by atoms with van der Waals surface area (Å²) in [4.78, 5) is 20.2. The molecule has 0 spiro atoms. The second-order valence-electron chi connectivity index (χ2n) is 4.52. The van der Waals surface area contributed by atoms with E-state index in [0.717, 1.165) is 5.69 Å². The van der Waals surface area contributed by atoms with Crippen molar-refractivity contribution >= 4 is 39.2 Å². The van der Waals surface area contributed by atoms with E-state index in [1.54, 1.807) is 18.2 Å². The van der Waals surface area contributed by atoms with Crippen molar-refractivity contribution in [2.24, 2.45) is 0 Å². The first-order chi connectivity index (χ1) is 11.1. The zero-order valence-electron chi connectivity index (χ0n) is 11.7. The van der Waals surface area contributed by atoms with Crippen LogP contribution in [0, 0.1) is 0 Å². The van der Waals surface area contributed by atoms with Crippen LogP contribution in [0.2, 0.25) is 5.02 Å². The van der Waals surface area contributed by atoms with E-state index in [0.29, 0.717) is 15.2 Å². The van der Waals surface area contributed by atoms with Crippen molar-refractivity contribution in [2.75, 3.05) is 10.9 Å². The van der Waals surface area contributed by atoms with E-state index < -0.39 is 5.69 Å². The minimum Gasteiger partial charge on any atom is -0.298 e. The minimum atomic E-state index is -0.494. The molecule has 116 valence electrons. The Morgan fingerprint density at radius 1 is 1.04 bits per heavy atom. The van der Waals surface area contributed by atoms with Crippen LogP contribution in [-0.4, -0.2) is 14.5 Å². The summed E-state index contributed by atoms with van der Waals surface area (Å²) in [7, 11) is 0. The summed E-state index contributed by atoms with van der Waals surface area (Å²) >= 11 is 9.51. The van der Waals surface area contributed by atoms with Crippen molar-refractivity contribution in [2.45, 2.75) is 0 Å². The molecule has 0 atom stereocenters. The summed E-state index contributed by atoms with van der Waals surface area (Å²) in [6.07, 6.45) is 1.37. The third-order valence-electron chi connectivity index (χ3n) is 2.97. The molecule has 0 radical (unpaired) electrons. The number of anilines is 2. The predicted octanol–water partition coefficient (Wildman–Crippen LogP) is 3.48. The first kappa shape index (κ1) is 15.5. The normalized spacial score (nSPS) is 10.3. The van der Waals surface area contributed by atoms with Crippen LogP contribution in [0.5, 0.6) is 0 Å². The van der Waals surface area contributed by atoms with Gasteiger partial charge >= 0.3 is 5.69 Å². The Morgan fingerprint density at radius 2 is 1.83 bits per heavy atom. The molecule has 23 heavy (non-hydrogen) atoms. The van der Waals surface area contributed by atoms with Gasteiger partial charge < -0.3 is 0 Å². The fourth-order valence-corrected chi connectivity index (χ4v) is 2.85. The summed E-state index contributed by atoms with van der Waals surface area (Å²) in [6, 6.07) is 14.7. The highest BCUT2D eigenvalue weighted by Crippen LogP contribution is 2.27. The molecule has 0 saturated carbocycles. The molecule has 0 aliphatic rings. The monoisotopic (exact) mass is 391 g/mol. The van der Waals surface area contributed by atoms with Gasteiger partial charge in [0.2, 0.25) is 5.95 Å². The van der Waals surface area contributed by atoms with Gasteiger partial charge in [-0.05, 0) is 40.2 Å². The lowest BCUT2D eigenvalue weighted by molar-refractivity contribution is 0.859. The lowest BCUT2D eigenvalue weighted by Gasteiger charge is -2.11. The van der Waals surface area contributed by atoms with Gasteiger partial charge in [0.25, 0.3) is 0 Å². The van der Waals surface area contributed by atoms with Crippen molar-refractivity contribution in [3.63, 3.8) is 0 Å². The van der Waals surface area contributed by atoms with Gasteiger partial charge in [0, 0.05) is 4.47 Å². The average molecular weight is 393 g/mol. The number of aromatic nitrogens is 3. The van der Waals surface area contributed by atoms with Gasteiger partial charge in [0.05, 0.1) is 16.4 Å². The van der Waals surface area contributed by atoms with Gasteiger partial charge in [-0.25, -0.2) is 14.3 Å². The van der Waals surface area contributed by atoms with Crippen LogP contribution in [-0.2, 0) is 0 Å². The molecule has 0 amide bonds. The van der Waals surface area contributed by atoms with Crippen LogP contribution in [0.25, 0.3) is 5.69 Å². The number of hydrogen-bond acceptors (Lipinski definition) is 5. The molecule has 0 unspecified atom stereocenters. The predicted molar refractivity (Wildman–Crippen MR) is 94.0 cm³/mol. The van der Waals surface area contributed by atoms with E-state index in [2.05, 4.69) is 36.7 Å². The number of nitrogens with one attached hydrogen (secondary N) is 2. The van der Waals surface area contributed by atoms with E-state index in [4.69, 9.17) is 11.6 Å². The standard InChI is InChI=1S/C15H11BrClN5O/c16-11-7-4-8-12(17)13(11)22-9-18-14(19-15(22)23)21-20-10-5-2-1-3-6-10/h1-9,20H,(H,19,21,23). The topological polar surface area (TPSA) is 71.8 Å². The quantitative estimate of drug-likeness (QED) is 0.665. The fourth-order valence-electron chi connectivity index (χ4n) is 1.92. The van der Waals surface area contributed by atoms with E-state index in [9.17, 15) is 4.79 Å². The number of benzene rings is 2. The lowest BCUT2D eigenvalue weighted by atomic mass is 10.3. The molecule has 0 bridgehead atoms. The Morgan fingerprint density at radius 3 is 2.52 bits per heavy atom. The highest BCUT2D eigenvalue weighted by Gasteiger charge is 2.10. The Hall–Kier alpha value is -2.38. The third-order valence-corrected chi connectivity index (χ3v) is 3.92. The largest absolute Gasteiger partial charge is 0.356 e. The lowest BCUT2D eigenvalue weighted by Crippen LogP contribution is -2.25. The maximum absolute atomic E-state index is 12.2. The number of hydrogen-bond donors (Lipinski definition) is 2. The van der Waals surface area contributed by atoms with Gasteiger partial charge in [-0.3, -0.25) is 10.9 Å². The summed E-state index contributed by atoms with van der Waals surface area (Å²) < 4.78 is 1.96. The van der Waals surface area contributed by atoms with Crippen molar-refractivity contribution in [3.05, 3.63) is 74.8 Å². The van der Waals surface area contributed by atoms with E-state index in [-0.39, 0.29) is 5.95 Å². The van der Waals surface area contributed by atoms with Crippen LogP contribution in [0.1, 0.15) is 0 Å². The van der Waals surface area contributed by atoms with Crippen molar-refractivity contribution < 1.29 is 0 Å². The molecule has 3 aromatic rings. The highest BCUT2D eigenvalue weighted by molar-refractivity contribution is 9.10. The van der Waals surface area contributed by atoms with Crippen molar-refractivity contribution in [3.8, 4) is 5.69 Å². The van der Waals surface area contributed by atoms with Crippen LogP contribution in [0.15, 0.2) is 64.1 Å². The van der Waals surface area contributed by atoms with Crippen molar-refractivity contribution in [1.29, 1.82) is 0 Å². The van der Waals surface area contributed by atoms with Crippen LogP contribution < -0.4 is 16.5 Å². The van der Waals surface area contributed by atoms with E-state index in [1.165, 1.54) is 10.9 Å². The zero-order valence-corrected chi connectivity index (χ0v) is 14.0. The first-order valence-corrected chi connectivity index (χ1v) is 7.79. The molecule has 8 heteroatoms. The molecule has 1 heterocycles. The number of para-hydroxylation sites is 2. The smallest absolute Gasteiger partial charge is 0.298 e. The molecular weight excluding hydrogens is 382 g/mol. The molecule has 0 aliphatic heterocycles. The molecular formula is C15H11BrClN5O. The van der Waals surface area contributed by atoms with Gasteiger partial charge in [0.15, 0.2) is 0 Å². The molecule has 2 aromatic carbocycles. The van der Waals surface area contributed by atoms with Gasteiger partial charge in [-0.15, -0.1) is 0 Å². The van der Waals surface area contributed by atoms with E-state index >= 15 is 0 Å². The SMILES string of the molecule is O=c1nc(NNc2ccccc2)ncn1-c1c(Cl)cccc1Br. The Labute approximate surface area is 145 Å². The molecule has 1 aromatic heterocycles. The molecule has 6 nitrogen and oxygen atoms in total. The maximum atomic E-state index is 12.2. The Kier molecular flexibility index (Phi) is 4.59. The second-order valence-corrected chi connectivity index (χ2v) is 5.78. The highest BCUT2D eigenvalue weighted by atomic mass is 79.9. The van der Waals surface area contributed by atoms with Crippen LogP contribution in [0.4, 0.5) is 11.6 Å². The Balaban J connectivity index is 1.85. The van der Waals surface area contributed by atoms with Crippen LogP contribution in [0.3, 0.4) is 0 Å². The van der Waals surface area contributed by atoms with Gasteiger partial charge in [0.1, 0.15) is 6.33 Å². The number of nitrogens with zero attached hydrogens (tertiary/aromatic N) is 3.